The lowest BCUT2D eigenvalue weighted by molar-refractivity contribution is 0.353. The Morgan fingerprint density at radius 3 is 2.65 bits per heavy atom. The molecule has 1 aromatic rings. The number of nitrogens with zero attached hydrogens (tertiary/aromatic N) is 1. The Bertz CT molecular complexity index is 500. The first-order chi connectivity index (χ1) is 8.33. The first-order valence-electron chi connectivity index (χ1n) is 5.48. The summed E-state index contributed by atoms with van der Waals surface area (Å²) in [7, 11) is 0. The van der Waals surface area contributed by atoms with Crippen LogP contribution in [0.25, 0.3) is 0 Å². The van der Waals surface area contributed by atoms with Crippen LogP contribution in [-0.2, 0) is 24.2 Å². The van der Waals surface area contributed by atoms with Crippen molar-refractivity contribution in [1.82, 2.24) is 0 Å². The molecule has 3 rings (SSSR count). The Balaban J connectivity index is 2.22. The van der Waals surface area contributed by atoms with Crippen LogP contribution in [0.2, 0.25) is 5.02 Å². The van der Waals surface area contributed by atoms with E-state index in [1.54, 1.807) is 6.08 Å². The summed E-state index contributed by atoms with van der Waals surface area (Å²) in [6.45, 7) is 1.53. The van der Waals surface area contributed by atoms with Crippen molar-refractivity contribution in [3.63, 3.8) is 0 Å². The summed E-state index contributed by atoms with van der Waals surface area (Å²) in [6.07, 6.45) is 3.13. The molecule has 4 nitrogen and oxygen atoms in total. The minimum absolute atomic E-state index is 0.286. The third kappa shape index (κ3) is 1.53. The molecule has 0 bridgehead atoms. The highest BCUT2D eigenvalue weighted by molar-refractivity contribution is 6.33. The Morgan fingerprint density at radius 1 is 1.18 bits per heavy atom. The zero-order chi connectivity index (χ0) is 11.8. The van der Waals surface area contributed by atoms with Crippen molar-refractivity contribution in [1.29, 1.82) is 0 Å². The van der Waals surface area contributed by atoms with Gasteiger partial charge >= 0.3 is 0 Å². The number of hydrogen-bond donors (Lipinski definition) is 0. The number of rotatable bonds is 2. The molecule has 0 atom stereocenters. The second kappa shape index (κ2) is 4.06. The van der Waals surface area contributed by atoms with E-state index in [2.05, 4.69) is 4.99 Å². The molecule has 0 saturated carbocycles. The summed E-state index contributed by atoms with van der Waals surface area (Å²) < 4.78 is 11.2. The monoisotopic (exact) mass is 251 g/mol. The van der Waals surface area contributed by atoms with Crippen LogP contribution in [0, 0.1) is 0 Å². The third-order valence-electron chi connectivity index (χ3n) is 3.15. The minimum atomic E-state index is 0.286. The number of fused-ring (bicyclic) bond motifs is 2. The van der Waals surface area contributed by atoms with E-state index in [0.717, 1.165) is 41.0 Å². The fourth-order valence-electron chi connectivity index (χ4n) is 2.43. The largest absolute Gasteiger partial charge is 0.493 e. The van der Waals surface area contributed by atoms with E-state index in [9.17, 15) is 4.79 Å². The van der Waals surface area contributed by atoms with Crippen molar-refractivity contribution >= 4 is 17.7 Å². The average molecular weight is 252 g/mol. The van der Waals surface area contributed by atoms with Gasteiger partial charge < -0.3 is 9.47 Å². The number of carbonyl (C=O) groups excluding carboxylic acids is 1. The second-order valence-electron chi connectivity index (χ2n) is 4.01. The van der Waals surface area contributed by atoms with E-state index in [1.165, 1.54) is 0 Å². The van der Waals surface area contributed by atoms with Crippen LogP contribution in [0.3, 0.4) is 0 Å². The molecule has 2 aliphatic heterocycles. The Hall–Kier alpha value is -1.51. The lowest BCUT2D eigenvalue weighted by Gasteiger charge is -2.12. The molecule has 17 heavy (non-hydrogen) atoms. The number of aliphatic imine (C=N–C) groups is 1. The molecule has 0 spiro atoms. The van der Waals surface area contributed by atoms with Crippen LogP contribution in [0.4, 0.5) is 0 Å². The molecule has 5 heteroatoms. The SMILES string of the molecule is O=C=NCc1c2c(c(Cl)c3c1OCC3)OCC2. The van der Waals surface area contributed by atoms with Gasteiger partial charge in [-0.25, -0.2) is 9.79 Å². The van der Waals surface area contributed by atoms with Gasteiger partial charge in [0.15, 0.2) is 0 Å². The van der Waals surface area contributed by atoms with E-state index in [-0.39, 0.29) is 6.54 Å². The van der Waals surface area contributed by atoms with Crippen LogP contribution in [0.1, 0.15) is 16.7 Å². The van der Waals surface area contributed by atoms with Gasteiger partial charge in [-0.3, -0.25) is 0 Å². The van der Waals surface area contributed by atoms with Crippen molar-refractivity contribution in [2.24, 2.45) is 4.99 Å². The molecular weight excluding hydrogens is 242 g/mol. The summed E-state index contributed by atoms with van der Waals surface area (Å²) in [5, 5.41) is 0.656. The van der Waals surface area contributed by atoms with Gasteiger partial charge in [-0.15, -0.1) is 0 Å². The van der Waals surface area contributed by atoms with Crippen LogP contribution >= 0.6 is 11.6 Å². The lowest BCUT2D eigenvalue weighted by atomic mass is 9.99. The van der Waals surface area contributed by atoms with Crippen LogP contribution in [-0.4, -0.2) is 19.3 Å². The van der Waals surface area contributed by atoms with Crippen molar-refractivity contribution in [2.75, 3.05) is 13.2 Å². The molecule has 2 heterocycles. The van der Waals surface area contributed by atoms with Gasteiger partial charge in [-0.05, 0) is 0 Å². The highest BCUT2D eigenvalue weighted by Gasteiger charge is 2.30. The first kappa shape index (κ1) is 10.6. The van der Waals surface area contributed by atoms with Crippen molar-refractivity contribution in [3.8, 4) is 11.5 Å². The lowest BCUT2D eigenvalue weighted by Crippen LogP contribution is -1.96. The summed E-state index contributed by atoms with van der Waals surface area (Å²) in [5.41, 5.74) is 2.93. The van der Waals surface area contributed by atoms with Gasteiger partial charge in [0.1, 0.15) is 11.5 Å². The molecule has 2 aliphatic rings. The highest BCUT2D eigenvalue weighted by Crippen LogP contribution is 2.47. The molecule has 0 radical (unpaired) electrons. The Morgan fingerprint density at radius 2 is 1.88 bits per heavy atom. The maximum atomic E-state index is 10.3. The molecular formula is C12H10ClNO3. The predicted octanol–water partition coefficient (Wildman–Crippen LogP) is 2.05. The molecule has 0 aromatic heterocycles. The zero-order valence-electron chi connectivity index (χ0n) is 9.09. The van der Waals surface area contributed by atoms with E-state index in [4.69, 9.17) is 21.1 Å². The van der Waals surface area contributed by atoms with Crippen LogP contribution in [0.5, 0.6) is 11.5 Å². The zero-order valence-corrected chi connectivity index (χ0v) is 9.84. The maximum absolute atomic E-state index is 10.3. The molecule has 1 aromatic carbocycles. The smallest absolute Gasteiger partial charge is 0.235 e. The molecule has 0 fully saturated rings. The van der Waals surface area contributed by atoms with Crippen molar-refractivity contribution in [3.05, 3.63) is 21.7 Å². The van der Waals surface area contributed by atoms with Crippen molar-refractivity contribution in [2.45, 2.75) is 19.4 Å². The fourth-order valence-corrected chi connectivity index (χ4v) is 2.78. The van der Waals surface area contributed by atoms with Crippen LogP contribution < -0.4 is 9.47 Å². The number of benzene rings is 1. The quantitative estimate of drug-likeness (QED) is 0.597. The Kier molecular flexibility index (Phi) is 2.54. The van der Waals surface area contributed by atoms with Gasteiger partial charge in [0.2, 0.25) is 6.08 Å². The second-order valence-corrected chi connectivity index (χ2v) is 4.39. The maximum Gasteiger partial charge on any atom is 0.235 e. The number of hydrogen-bond acceptors (Lipinski definition) is 4. The molecule has 0 aliphatic carbocycles. The van der Waals surface area contributed by atoms with E-state index >= 15 is 0 Å². The van der Waals surface area contributed by atoms with Crippen LogP contribution in [0.15, 0.2) is 4.99 Å². The van der Waals surface area contributed by atoms with Gasteiger partial charge in [0.25, 0.3) is 0 Å². The van der Waals surface area contributed by atoms with E-state index in [1.807, 2.05) is 0 Å². The Labute approximate surface area is 103 Å². The first-order valence-corrected chi connectivity index (χ1v) is 5.86. The summed E-state index contributed by atoms with van der Waals surface area (Å²) in [6, 6.07) is 0. The van der Waals surface area contributed by atoms with Crippen molar-refractivity contribution < 1.29 is 14.3 Å². The normalized spacial score (nSPS) is 15.6. The molecule has 0 N–H and O–H groups in total. The van der Waals surface area contributed by atoms with Gasteiger partial charge in [0.05, 0.1) is 24.8 Å². The van der Waals surface area contributed by atoms with E-state index < -0.39 is 0 Å². The fraction of sp³-hybridized carbons (Fsp3) is 0.417. The highest BCUT2D eigenvalue weighted by atomic mass is 35.5. The molecule has 88 valence electrons. The number of halogens is 1. The number of ether oxygens (including phenoxy) is 2. The minimum Gasteiger partial charge on any atom is -0.493 e. The molecule has 0 unspecified atom stereocenters. The topological polar surface area (TPSA) is 47.9 Å². The molecule has 0 saturated heterocycles. The summed E-state index contributed by atoms with van der Waals surface area (Å²) in [5.74, 6) is 1.53. The standard InChI is InChI=1S/C12H10ClNO3/c13-10-8-2-4-16-11(8)9(5-14-6-15)7-1-3-17-12(7)10/h1-5H2. The van der Waals surface area contributed by atoms with Gasteiger partial charge in [-0.1, -0.05) is 11.6 Å². The summed E-state index contributed by atoms with van der Waals surface area (Å²) >= 11 is 6.29. The third-order valence-corrected chi connectivity index (χ3v) is 3.55. The number of isocyanates is 1. The van der Waals surface area contributed by atoms with E-state index in [0.29, 0.717) is 18.2 Å². The van der Waals surface area contributed by atoms with Gasteiger partial charge in [0, 0.05) is 29.5 Å². The molecule has 0 amide bonds. The van der Waals surface area contributed by atoms with Gasteiger partial charge in [-0.2, -0.15) is 0 Å². The summed E-state index contributed by atoms with van der Waals surface area (Å²) in [4.78, 5) is 13.9. The average Bonchev–Trinajstić information content (AvgIpc) is 2.97. The predicted molar refractivity (Wildman–Crippen MR) is 61.7 cm³/mol.